The first kappa shape index (κ1) is 20.6. The van der Waals surface area contributed by atoms with E-state index in [0.717, 1.165) is 5.52 Å². The summed E-state index contributed by atoms with van der Waals surface area (Å²) in [6, 6.07) is 19.5. The van der Waals surface area contributed by atoms with Crippen molar-refractivity contribution in [2.75, 3.05) is 5.32 Å². The Balaban J connectivity index is 1.52. The predicted octanol–water partition coefficient (Wildman–Crippen LogP) is 4.40. The second-order valence-electron chi connectivity index (χ2n) is 6.85. The van der Waals surface area contributed by atoms with Crippen LogP contribution in [-0.4, -0.2) is 21.4 Å². The van der Waals surface area contributed by atoms with Crippen LogP contribution in [0.4, 0.5) is 10.1 Å². The van der Waals surface area contributed by atoms with E-state index in [2.05, 4.69) is 15.6 Å². The van der Waals surface area contributed by atoms with Crippen LogP contribution in [0.15, 0.2) is 72.8 Å². The fourth-order valence-corrected chi connectivity index (χ4v) is 3.30. The molecule has 0 saturated heterocycles. The number of hydrogen-bond acceptors (Lipinski definition) is 3. The van der Waals surface area contributed by atoms with Crippen molar-refractivity contribution in [3.05, 3.63) is 95.0 Å². The largest absolute Gasteiger partial charge is 0.345 e. The van der Waals surface area contributed by atoms with Gasteiger partial charge in [-0.25, -0.2) is 9.37 Å². The summed E-state index contributed by atoms with van der Waals surface area (Å²) < 4.78 is 14.8. The number of para-hydroxylation sites is 2. The van der Waals surface area contributed by atoms with Gasteiger partial charge in [0.15, 0.2) is 0 Å². The maximum atomic E-state index is 13.1. The Morgan fingerprint density at radius 2 is 1.68 bits per heavy atom. The van der Waals surface area contributed by atoms with E-state index in [-0.39, 0.29) is 30.7 Å². The lowest BCUT2D eigenvalue weighted by atomic mass is 10.2. The minimum Gasteiger partial charge on any atom is -0.345 e. The molecule has 0 unspecified atom stereocenters. The van der Waals surface area contributed by atoms with Gasteiger partial charge in [-0.05, 0) is 60.7 Å². The van der Waals surface area contributed by atoms with Gasteiger partial charge in [-0.1, -0.05) is 23.7 Å². The predicted molar refractivity (Wildman–Crippen MR) is 117 cm³/mol. The molecule has 0 bridgehead atoms. The molecule has 0 aliphatic rings. The van der Waals surface area contributed by atoms with Gasteiger partial charge in [-0.15, -0.1) is 0 Å². The normalized spacial score (nSPS) is 10.8. The smallest absolute Gasteiger partial charge is 0.251 e. The van der Waals surface area contributed by atoms with Gasteiger partial charge in [-0.3, -0.25) is 9.59 Å². The molecule has 0 spiro atoms. The van der Waals surface area contributed by atoms with Crippen LogP contribution in [0.2, 0.25) is 5.02 Å². The zero-order valence-electron chi connectivity index (χ0n) is 16.3. The highest BCUT2D eigenvalue weighted by atomic mass is 35.5. The molecule has 0 atom stereocenters. The third kappa shape index (κ3) is 4.90. The molecular formula is C23H18ClFN4O2. The molecule has 2 amide bonds. The lowest BCUT2D eigenvalue weighted by molar-refractivity contribution is -0.116. The lowest BCUT2D eigenvalue weighted by Gasteiger charge is -2.11. The number of benzene rings is 3. The van der Waals surface area contributed by atoms with Crippen LogP contribution >= 0.6 is 11.6 Å². The maximum absolute atomic E-state index is 13.1. The van der Waals surface area contributed by atoms with E-state index < -0.39 is 0 Å². The molecule has 1 aromatic heterocycles. The number of hydrogen-bond donors (Lipinski definition) is 2. The molecule has 0 aliphatic heterocycles. The topological polar surface area (TPSA) is 76.0 Å². The van der Waals surface area contributed by atoms with Crippen LogP contribution in [0.3, 0.4) is 0 Å². The second kappa shape index (κ2) is 8.97. The Morgan fingerprint density at radius 3 is 2.42 bits per heavy atom. The number of rotatable bonds is 6. The highest BCUT2D eigenvalue weighted by molar-refractivity contribution is 6.30. The maximum Gasteiger partial charge on any atom is 0.251 e. The monoisotopic (exact) mass is 436 g/mol. The van der Waals surface area contributed by atoms with Crippen LogP contribution in [0.25, 0.3) is 11.0 Å². The van der Waals surface area contributed by atoms with Gasteiger partial charge in [0.25, 0.3) is 5.91 Å². The van der Waals surface area contributed by atoms with Crippen molar-refractivity contribution < 1.29 is 14.0 Å². The third-order valence-corrected chi connectivity index (χ3v) is 4.93. The van der Waals surface area contributed by atoms with E-state index >= 15 is 0 Å². The summed E-state index contributed by atoms with van der Waals surface area (Å²) in [5.74, 6) is -0.402. The van der Waals surface area contributed by atoms with E-state index in [1.165, 1.54) is 24.3 Å². The number of aromatic nitrogens is 2. The molecule has 4 rings (SSSR count). The first-order valence-electron chi connectivity index (χ1n) is 9.53. The first-order valence-corrected chi connectivity index (χ1v) is 9.91. The number of nitrogens with zero attached hydrogens (tertiary/aromatic N) is 2. The number of imidazole rings is 1. The minimum absolute atomic E-state index is 0.00988. The Labute approximate surface area is 182 Å². The molecule has 4 aromatic rings. The third-order valence-electron chi connectivity index (χ3n) is 4.68. The number of amides is 2. The van der Waals surface area contributed by atoms with E-state index in [1.807, 2.05) is 24.3 Å². The number of anilines is 1. The van der Waals surface area contributed by atoms with Gasteiger partial charge >= 0.3 is 0 Å². The molecular weight excluding hydrogens is 419 g/mol. The standard InChI is InChI=1S/C23H18ClFN4O2/c24-16-7-5-15(6-8-16)23(31)26-13-21-28-19-3-1-2-4-20(19)29(21)14-22(30)27-18-11-9-17(25)10-12-18/h1-12H,13-14H2,(H,26,31)(H,27,30). The SMILES string of the molecule is O=C(Cn1c(CNC(=O)c2ccc(Cl)cc2)nc2ccccc21)Nc1ccc(F)cc1. The minimum atomic E-state index is -0.377. The summed E-state index contributed by atoms with van der Waals surface area (Å²) in [6.45, 7) is 0.129. The van der Waals surface area contributed by atoms with E-state index in [4.69, 9.17) is 11.6 Å². The number of fused-ring (bicyclic) bond motifs is 1. The molecule has 1 heterocycles. The van der Waals surface area contributed by atoms with Crippen LogP contribution < -0.4 is 10.6 Å². The zero-order valence-corrected chi connectivity index (χ0v) is 17.1. The van der Waals surface area contributed by atoms with Gasteiger partial charge in [0.1, 0.15) is 18.2 Å². The van der Waals surface area contributed by atoms with Crippen LogP contribution in [0.5, 0.6) is 0 Å². The van der Waals surface area contributed by atoms with Gasteiger partial charge in [0.2, 0.25) is 5.91 Å². The van der Waals surface area contributed by atoms with Gasteiger partial charge < -0.3 is 15.2 Å². The molecule has 0 aliphatic carbocycles. The van der Waals surface area contributed by atoms with Crippen LogP contribution in [0, 0.1) is 5.82 Å². The lowest BCUT2D eigenvalue weighted by Crippen LogP contribution is -2.26. The molecule has 0 saturated carbocycles. The number of nitrogens with one attached hydrogen (secondary N) is 2. The van der Waals surface area contributed by atoms with Crippen molar-refractivity contribution in [3.63, 3.8) is 0 Å². The molecule has 0 radical (unpaired) electrons. The molecule has 8 heteroatoms. The van der Waals surface area contributed by atoms with Crippen molar-refractivity contribution in [1.82, 2.24) is 14.9 Å². The van der Waals surface area contributed by atoms with E-state index in [0.29, 0.717) is 27.6 Å². The van der Waals surface area contributed by atoms with Gasteiger partial charge in [-0.2, -0.15) is 0 Å². The summed E-state index contributed by atoms with van der Waals surface area (Å²) in [5, 5.41) is 6.11. The Morgan fingerprint density at radius 1 is 0.968 bits per heavy atom. The Kier molecular flexibility index (Phi) is 5.95. The van der Waals surface area contributed by atoms with Crippen LogP contribution in [-0.2, 0) is 17.9 Å². The molecule has 2 N–H and O–H groups in total. The number of carbonyl (C=O) groups is 2. The number of carbonyl (C=O) groups excluding carboxylic acids is 2. The fourth-order valence-electron chi connectivity index (χ4n) is 3.18. The zero-order chi connectivity index (χ0) is 21.8. The molecule has 3 aromatic carbocycles. The molecule has 31 heavy (non-hydrogen) atoms. The fraction of sp³-hybridized carbons (Fsp3) is 0.0870. The van der Waals surface area contributed by atoms with E-state index in [9.17, 15) is 14.0 Å². The summed E-state index contributed by atoms with van der Waals surface area (Å²) in [4.78, 5) is 29.6. The Bertz CT molecular complexity index is 1240. The van der Waals surface area contributed by atoms with Crippen molar-refractivity contribution in [1.29, 1.82) is 0 Å². The van der Waals surface area contributed by atoms with Crippen molar-refractivity contribution in [2.24, 2.45) is 0 Å². The highest BCUT2D eigenvalue weighted by Crippen LogP contribution is 2.17. The molecule has 0 fully saturated rings. The summed E-state index contributed by atoms with van der Waals surface area (Å²) in [6.07, 6.45) is 0. The van der Waals surface area contributed by atoms with Crippen LogP contribution in [0.1, 0.15) is 16.2 Å². The molecule has 156 valence electrons. The summed E-state index contributed by atoms with van der Waals surface area (Å²) in [7, 11) is 0. The van der Waals surface area contributed by atoms with Crippen molar-refractivity contribution in [3.8, 4) is 0 Å². The average Bonchev–Trinajstić information content (AvgIpc) is 3.11. The van der Waals surface area contributed by atoms with Crippen molar-refractivity contribution >= 4 is 40.1 Å². The first-order chi connectivity index (χ1) is 15.0. The summed E-state index contributed by atoms with van der Waals surface area (Å²) in [5.41, 5.74) is 2.45. The van der Waals surface area contributed by atoms with Gasteiger partial charge in [0.05, 0.1) is 17.6 Å². The quantitative estimate of drug-likeness (QED) is 0.470. The highest BCUT2D eigenvalue weighted by Gasteiger charge is 2.15. The molecule has 6 nitrogen and oxygen atoms in total. The number of halogens is 2. The Hall–Kier alpha value is -3.71. The summed E-state index contributed by atoms with van der Waals surface area (Å²) >= 11 is 5.87. The van der Waals surface area contributed by atoms with E-state index in [1.54, 1.807) is 28.8 Å². The van der Waals surface area contributed by atoms with Crippen molar-refractivity contribution in [2.45, 2.75) is 13.1 Å². The average molecular weight is 437 g/mol. The second-order valence-corrected chi connectivity index (χ2v) is 7.28. The van der Waals surface area contributed by atoms with Gasteiger partial charge in [0, 0.05) is 16.3 Å².